The molecule has 108 valence electrons. The lowest BCUT2D eigenvalue weighted by molar-refractivity contribution is 0.196. The second-order valence-electron chi connectivity index (χ2n) is 4.15. The highest BCUT2D eigenvalue weighted by molar-refractivity contribution is 7.89. The Bertz CT molecular complexity index is 522. The lowest BCUT2D eigenvalue weighted by Gasteiger charge is -2.11. The third kappa shape index (κ3) is 5.06. The number of methoxy groups -OCH3 is 1. The minimum Gasteiger partial charge on any atom is -0.383 e. The molecule has 1 N–H and O–H groups in total. The Kier molecular flexibility index (Phi) is 6.19. The first-order valence-electron chi connectivity index (χ1n) is 5.75. The van der Waals surface area contributed by atoms with Gasteiger partial charge in [-0.2, -0.15) is 0 Å². The Hall–Kier alpha value is -0.690. The number of hydrogen-bond donors (Lipinski definition) is 1. The first-order chi connectivity index (χ1) is 8.86. The molecule has 4 nitrogen and oxygen atoms in total. The van der Waals surface area contributed by atoms with Crippen LogP contribution >= 0.6 is 11.6 Å². The van der Waals surface area contributed by atoms with Crippen LogP contribution in [0.25, 0.3) is 0 Å². The number of nitrogens with one attached hydrogen (secondary N) is 1. The maximum absolute atomic E-state index is 13.1. The number of halogens is 2. The van der Waals surface area contributed by atoms with Crippen molar-refractivity contribution in [2.45, 2.75) is 23.6 Å². The summed E-state index contributed by atoms with van der Waals surface area (Å²) in [6.45, 7) is 2.14. The minimum atomic E-state index is -3.71. The van der Waals surface area contributed by atoms with Crippen molar-refractivity contribution in [3.63, 3.8) is 0 Å². The summed E-state index contributed by atoms with van der Waals surface area (Å²) in [7, 11) is -2.19. The summed E-state index contributed by atoms with van der Waals surface area (Å²) in [4.78, 5) is -0.0506. The normalized spacial score (nSPS) is 13.5. The zero-order valence-corrected chi connectivity index (χ0v) is 12.4. The number of rotatable bonds is 7. The van der Waals surface area contributed by atoms with Crippen LogP contribution in [0.4, 0.5) is 4.39 Å². The molecule has 7 heteroatoms. The second-order valence-corrected chi connectivity index (χ2v) is 6.50. The topological polar surface area (TPSA) is 55.4 Å². The van der Waals surface area contributed by atoms with Gasteiger partial charge in [0.05, 0.1) is 16.9 Å². The Labute approximate surface area is 118 Å². The predicted octanol–water partition coefficient (Wildman–Crippen LogP) is 2.06. The van der Waals surface area contributed by atoms with E-state index in [9.17, 15) is 12.8 Å². The van der Waals surface area contributed by atoms with Crippen LogP contribution in [-0.2, 0) is 14.8 Å². The van der Waals surface area contributed by atoms with E-state index in [0.29, 0.717) is 18.6 Å². The summed E-state index contributed by atoms with van der Waals surface area (Å²) in [6.07, 6.45) is 0.434. The smallest absolute Gasteiger partial charge is 0.240 e. The molecule has 0 bridgehead atoms. The van der Waals surface area contributed by atoms with E-state index in [4.69, 9.17) is 16.3 Å². The molecule has 0 saturated heterocycles. The predicted molar refractivity (Wildman–Crippen MR) is 72.5 cm³/mol. The maximum Gasteiger partial charge on any atom is 0.240 e. The van der Waals surface area contributed by atoms with Crippen LogP contribution in [0.5, 0.6) is 0 Å². The molecule has 1 atom stereocenters. The molecule has 0 radical (unpaired) electrons. The van der Waals surface area contributed by atoms with Gasteiger partial charge in [-0.3, -0.25) is 0 Å². The van der Waals surface area contributed by atoms with Crippen LogP contribution in [0.2, 0.25) is 0 Å². The minimum absolute atomic E-state index is 0.0506. The fraction of sp³-hybridized carbons (Fsp3) is 0.500. The van der Waals surface area contributed by atoms with E-state index in [1.54, 1.807) is 6.92 Å². The summed E-state index contributed by atoms with van der Waals surface area (Å²) >= 11 is 5.89. The average molecular weight is 310 g/mol. The number of ether oxygens (including phenoxy) is 1. The Morgan fingerprint density at radius 3 is 2.79 bits per heavy atom. The summed E-state index contributed by atoms with van der Waals surface area (Å²) in [5, 5.41) is -0.263. The third-order valence-electron chi connectivity index (χ3n) is 2.54. The van der Waals surface area contributed by atoms with E-state index >= 15 is 0 Å². The van der Waals surface area contributed by atoms with Crippen LogP contribution in [0.1, 0.15) is 12.0 Å². The van der Waals surface area contributed by atoms with Gasteiger partial charge in [0.1, 0.15) is 5.82 Å². The number of sulfonamides is 1. The summed E-state index contributed by atoms with van der Waals surface area (Å²) in [5.74, 6) is -0.583. The van der Waals surface area contributed by atoms with Crippen molar-refractivity contribution in [3.8, 4) is 0 Å². The van der Waals surface area contributed by atoms with Crippen molar-refractivity contribution in [1.29, 1.82) is 0 Å². The number of benzene rings is 1. The molecule has 1 aromatic rings. The van der Waals surface area contributed by atoms with E-state index in [1.165, 1.54) is 19.2 Å². The monoisotopic (exact) mass is 309 g/mol. The molecule has 1 unspecified atom stereocenters. The van der Waals surface area contributed by atoms with Gasteiger partial charge in [0, 0.05) is 13.7 Å². The van der Waals surface area contributed by atoms with Gasteiger partial charge in [0.2, 0.25) is 10.0 Å². The number of hydrogen-bond acceptors (Lipinski definition) is 3. The zero-order chi connectivity index (χ0) is 14.5. The molecule has 0 saturated carbocycles. The highest BCUT2D eigenvalue weighted by atomic mass is 35.5. The van der Waals surface area contributed by atoms with Crippen molar-refractivity contribution in [2.75, 3.05) is 20.3 Å². The molecular weight excluding hydrogens is 293 g/mol. The van der Waals surface area contributed by atoms with Crippen LogP contribution in [0.3, 0.4) is 0 Å². The highest BCUT2D eigenvalue weighted by Gasteiger charge is 2.17. The summed E-state index contributed by atoms with van der Waals surface area (Å²) in [6, 6.07) is 3.66. The molecule has 0 aliphatic rings. The van der Waals surface area contributed by atoms with Crippen LogP contribution in [-0.4, -0.2) is 34.1 Å². The van der Waals surface area contributed by atoms with Crippen molar-refractivity contribution in [1.82, 2.24) is 4.72 Å². The van der Waals surface area contributed by atoms with E-state index in [0.717, 1.165) is 6.07 Å². The highest BCUT2D eigenvalue weighted by Crippen LogP contribution is 2.16. The second kappa shape index (κ2) is 7.19. The van der Waals surface area contributed by atoms with Crippen molar-refractivity contribution in [3.05, 3.63) is 29.6 Å². The SMILES string of the molecule is COCC(Cl)CCNS(=O)(=O)c1cc(F)ccc1C. The number of alkyl halides is 1. The number of aryl methyl sites for hydroxylation is 1. The zero-order valence-electron chi connectivity index (χ0n) is 10.8. The lowest BCUT2D eigenvalue weighted by Crippen LogP contribution is -2.27. The van der Waals surface area contributed by atoms with Gasteiger partial charge in [-0.05, 0) is 31.0 Å². The first-order valence-corrected chi connectivity index (χ1v) is 7.67. The molecule has 0 aliphatic carbocycles. The van der Waals surface area contributed by atoms with Gasteiger partial charge in [-0.25, -0.2) is 17.5 Å². The van der Waals surface area contributed by atoms with Crippen molar-refractivity contribution < 1.29 is 17.5 Å². The van der Waals surface area contributed by atoms with E-state index in [-0.39, 0.29) is 16.8 Å². The van der Waals surface area contributed by atoms with Gasteiger partial charge in [0.25, 0.3) is 0 Å². The van der Waals surface area contributed by atoms with Gasteiger partial charge in [-0.1, -0.05) is 6.07 Å². The maximum atomic E-state index is 13.1. The fourth-order valence-electron chi connectivity index (χ4n) is 1.56. The standard InChI is InChI=1S/C12H17ClFNO3S/c1-9-3-4-11(14)7-12(9)19(16,17)15-6-5-10(13)8-18-2/h3-4,7,10,15H,5-6,8H2,1-2H3. The van der Waals surface area contributed by atoms with Crippen LogP contribution < -0.4 is 4.72 Å². The lowest BCUT2D eigenvalue weighted by atomic mass is 10.2. The summed E-state index contributed by atoms with van der Waals surface area (Å²) < 4.78 is 44.3. The molecule has 0 aliphatic heterocycles. The molecule has 1 aromatic carbocycles. The van der Waals surface area contributed by atoms with Crippen molar-refractivity contribution >= 4 is 21.6 Å². The Balaban J connectivity index is 2.68. The van der Waals surface area contributed by atoms with Crippen LogP contribution in [0, 0.1) is 12.7 Å². The van der Waals surface area contributed by atoms with Crippen molar-refractivity contribution in [2.24, 2.45) is 0 Å². The van der Waals surface area contributed by atoms with E-state index in [2.05, 4.69) is 4.72 Å². The fourth-order valence-corrected chi connectivity index (χ4v) is 3.09. The molecular formula is C12H17ClFNO3S. The quantitative estimate of drug-likeness (QED) is 0.784. The molecule has 0 aromatic heterocycles. The Morgan fingerprint density at radius 2 is 2.16 bits per heavy atom. The van der Waals surface area contributed by atoms with Crippen LogP contribution in [0.15, 0.2) is 23.1 Å². The van der Waals surface area contributed by atoms with E-state index < -0.39 is 15.8 Å². The third-order valence-corrected chi connectivity index (χ3v) is 4.48. The van der Waals surface area contributed by atoms with Gasteiger partial charge < -0.3 is 4.74 Å². The molecule has 1 rings (SSSR count). The molecule has 19 heavy (non-hydrogen) atoms. The van der Waals surface area contributed by atoms with Gasteiger partial charge in [0.15, 0.2) is 0 Å². The van der Waals surface area contributed by atoms with Gasteiger partial charge in [-0.15, -0.1) is 11.6 Å². The summed E-state index contributed by atoms with van der Waals surface area (Å²) in [5.41, 5.74) is 0.494. The molecule has 0 amide bonds. The van der Waals surface area contributed by atoms with E-state index in [1.807, 2.05) is 0 Å². The molecule has 0 heterocycles. The molecule has 0 spiro atoms. The van der Waals surface area contributed by atoms with Gasteiger partial charge >= 0.3 is 0 Å². The average Bonchev–Trinajstić information content (AvgIpc) is 2.32. The Morgan fingerprint density at radius 1 is 1.47 bits per heavy atom. The molecule has 0 fully saturated rings. The first kappa shape index (κ1) is 16.4. The largest absolute Gasteiger partial charge is 0.383 e.